The molecule has 3 aromatic rings. The summed E-state index contributed by atoms with van der Waals surface area (Å²) in [5, 5.41) is 1.44. The lowest BCUT2D eigenvalue weighted by molar-refractivity contribution is 0.223. The van der Waals surface area contributed by atoms with Crippen LogP contribution >= 0.6 is 0 Å². The monoisotopic (exact) mass is 288 g/mol. The van der Waals surface area contributed by atoms with E-state index in [4.69, 9.17) is 0 Å². The molecule has 2 unspecified atom stereocenters. The maximum absolute atomic E-state index is 2.60. The number of para-hydroxylation sites is 2. The van der Waals surface area contributed by atoms with E-state index in [1.807, 2.05) is 0 Å². The highest BCUT2D eigenvalue weighted by Crippen LogP contribution is 2.47. The highest BCUT2D eigenvalue weighted by Gasteiger charge is 2.40. The van der Waals surface area contributed by atoms with Crippen LogP contribution < -0.4 is 0 Å². The molecule has 5 rings (SSSR count). The van der Waals surface area contributed by atoms with Crippen LogP contribution in [0.15, 0.2) is 54.6 Å². The molecule has 3 heterocycles. The standard InChI is InChI=1S/C20H20N2/c1-21-15-11-12-18(21)20-16-9-5-6-10-17(16)22(19(20)13-15)14-7-3-2-4-8-14/h2-10,15,18H,11-13H2,1H3. The summed E-state index contributed by atoms with van der Waals surface area (Å²) in [6, 6.07) is 21.1. The summed E-state index contributed by atoms with van der Waals surface area (Å²) in [7, 11) is 2.31. The van der Waals surface area contributed by atoms with Crippen molar-refractivity contribution < 1.29 is 0 Å². The zero-order valence-electron chi connectivity index (χ0n) is 12.9. The van der Waals surface area contributed by atoms with Crippen molar-refractivity contribution in [2.75, 3.05) is 7.05 Å². The summed E-state index contributed by atoms with van der Waals surface area (Å²) in [6.45, 7) is 0. The van der Waals surface area contributed by atoms with Crippen LogP contribution in [-0.2, 0) is 6.42 Å². The Hall–Kier alpha value is -2.06. The van der Waals surface area contributed by atoms with Gasteiger partial charge in [-0.05, 0) is 43.7 Å². The van der Waals surface area contributed by atoms with Gasteiger partial charge >= 0.3 is 0 Å². The fourth-order valence-electron chi connectivity index (χ4n) is 4.59. The molecule has 1 fully saturated rings. The fourth-order valence-corrected chi connectivity index (χ4v) is 4.59. The normalized spacial score (nSPS) is 23.9. The topological polar surface area (TPSA) is 8.17 Å². The number of rotatable bonds is 1. The molecule has 0 amide bonds. The molecule has 2 bridgehead atoms. The van der Waals surface area contributed by atoms with Crippen LogP contribution in [0, 0.1) is 0 Å². The van der Waals surface area contributed by atoms with Gasteiger partial charge in [0.2, 0.25) is 0 Å². The van der Waals surface area contributed by atoms with Crippen molar-refractivity contribution in [3.05, 3.63) is 65.9 Å². The van der Waals surface area contributed by atoms with Crippen molar-refractivity contribution in [3.63, 3.8) is 0 Å². The van der Waals surface area contributed by atoms with Crippen LogP contribution in [-0.4, -0.2) is 22.6 Å². The largest absolute Gasteiger partial charge is 0.313 e. The van der Waals surface area contributed by atoms with Crippen LogP contribution in [0.2, 0.25) is 0 Å². The Balaban J connectivity index is 1.87. The summed E-state index contributed by atoms with van der Waals surface area (Å²) < 4.78 is 2.50. The molecule has 22 heavy (non-hydrogen) atoms. The maximum Gasteiger partial charge on any atom is 0.0534 e. The number of benzene rings is 2. The molecule has 2 aliphatic rings. The fraction of sp³-hybridized carbons (Fsp3) is 0.300. The molecule has 2 aromatic carbocycles. The van der Waals surface area contributed by atoms with E-state index >= 15 is 0 Å². The summed E-state index contributed by atoms with van der Waals surface area (Å²) in [6.07, 6.45) is 3.81. The summed E-state index contributed by atoms with van der Waals surface area (Å²) in [4.78, 5) is 2.60. The second kappa shape index (κ2) is 4.47. The SMILES string of the molecule is CN1C2CCC1c1c(n(-c3ccccc3)c3ccccc13)C2. The van der Waals surface area contributed by atoms with Crippen LogP contribution in [0.3, 0.4) is 0 Å². The number of likely N-dealkylation sites (N-methyl/N-ethyl adjacent to an activating group) is 1. The first-order chi connectivity index (χ1) is 10.8. The summed E-state index contributed by atoms with van der Waals surface area (Å²) in [5.74, 6) is 0. The van der Waals surface area contributed by atoms with Crippen molar-refractivity contribution in [2.45, 2.75) is 31.3 Å². The molecule has 1 saturated heterocycles. The predicted octanol–water partition coefficient (Wildman–Crippen LogP) is 4.32. The van der Waals surface area contributed by atoms with E-state index in [9.17, 15) is 0 Å². The Kier molecular flexibility index (Phi) is 2.53. The lowest BCUT2D eigenvalue weighted by atomic mass is 9.97. The van der Waals surface area contributed by atoms with E-state index < -0.39 is 0 Å². The molecule has 0 saturated carbocycles. The van der Waals surface area contributed by atoms with E-state index in [0.717, 1.165) is 0 Å². The average molecular weight is 288 g/mol. The van der Waals surface area contributed by atoms with Gasteiger partial charge in [0.15, 0.2) is 0 Å². The lowest BCUT2D eigenvalue weighted by Gasteiger charge is -2.32. The van der Waals surface area contributed by atoms with E-state index in [1.165, 1.54) is 41.5 Å². The second-order valence-electron chi connectivity index (χ2n) is 6.67. The van der Waals surface area contributed by atoms with Gasteiger partial charge in [-0.3, -0.25) is 4.90 Å². The van der Waals surface area contributed by atoms with Gasteiger partial charge in [0, 0.05) is 35.3 Å². The van der Waals surface area contributed by atoms with Crippen molar-refractivity contribution in [3.8, 4) is 5.69 Å². The highest BCUT2D eigenvalue weighted by atomic mass is 15.2. The van der Waals surface area contributed by atoms with Gasteiger partial charge in [-0.15, -0.1) is 0 Å². The second-order valence-corrected chi connectivity index (χ2v) is 6.67. The molecule has 1 aromatic heterocycles. The van der Waals surface area contributed by atoms with E-state index in [2.05, 4.69) is 71.1 Å². The van der Waals surface area contributed by atoms with Gasteiger partial charge in [0.25, 0.3) is 0 Å². The van der Waals surface area contributed by atoms with E-state index in [1.54, 1.807) is 5.56 Å². The molecule has 2 nitrogen and oxygen atoms in total. The van der Waals surface area contributed by atoms with Crippen molar-refractivity contribution in [1.82, 2.24) is 9.47 Å². The van der Waals surface area contributed by atoms with Crippen molar-refractivity contribution >= 4 is 10.9 Å². The molecular formula is C20H20N2. The minimum atomic E-state index is 0.601. The van der Waals surface area contributed by atoms with Crippen molar-refractivity contribution in [1.29, 1.82) is 0 Å². The van der Waals surface area contributed by atoms with Gasteiger partial charge in [-0.25, -0.2) is 0 Å². The third kappa shape index (κ3) is 1.53. The zero-order chi connectivity index (χ0) is 14.7. The molecule has 0 radical (unpaired) electrons. The number of nitrogens with zero attached hydrogens (tertiary/aromatic N) is 2. The summed E-state index contributed by atoms with van der Waals surface area (Å²) in [5.41, 5.74) is 5.78. The van der Waals surface area contributed by atoms with Gasteiger partial charge in [0.1, 0.15) is 0 Å². The maximum atomic E-state index is 2.60. The smallest absolute Gasteiger partial charge is 0.0534 e. The van der Waals surface area contributed by atoms with Crippen LogP contribution in [0.1, 0.15) is 30.1 Å². The van der Waals surface area contributed by atoms with Gasteiger partial charge in [-0.1, -0.05) is 36.4 Å². The number of aromatic nitrogens is 1. The molecule has 110 valence electrons. The molecule has 0 N–H and O–H groups in total. The Morgan fingerprint density at radius 2 is 1.68 bits per heavy atom. The summed E-state index contributed by atoms with van der Waals surface area (Å²) >= 11 is 0. The number of hydrogen-bond acceptors (Lipinski definition) is 1. The molecule has 2 atom stereocenters. The highest BCUT2D eigenvalue weighted by molar-refractivity contribution is 5.88. The Morgan fingerprint density at radius 1 is 0.909 bits per heavy atom. The zero-order valence-corrected chi connectivity index (χ0v) is 12.9. The van der Waals surface area contributed by atoms with Crippen molar-refractivity contribution in [2.24, 2.45) is 0 Å². The number of hydrogen-bond donors (Lipinski definition) is 0. The van der Waals surface area contributed by atoms with Gasteiger partial charge in [0.05, 0.1) is 5.52 Å². The molecule has 2 heteroatoms. The minimum absolute atomic E-state index is 0.601. The first kappa shape index (κ1) is 12.5. The van der Waals surface area contributed by atoms with Crippen LogP contribution in [0.4, 0.5) is 0 Å². The average Bonchev–Trinajstić information content (AvgIpc) is 3.00. The quantitative estimate of drug-likeness (QED) is 0.647. The van der Waals surface area contributed by atoms with E-state index in [-0.39, 0.29) is 0 Å². The Morgan fingerprint density at radius 3 is 2.55 bits per heavy atom. The predicted molar refractivity (Wildman–Crippen MR) is 90.5 cm³/mol. The first-order valence-electron chi connectivity index (χ1n) is 8.24. The Bertz CT molecular complexity index is 847. The molecule has 2 aliphatic heterocycles. The Labute approximate surface area is 131 Å². The minimum Gasteiger partial charge on any atom is -0.313 e. The first-order valence-corrected chi connectivity index (χ1v) is 8.24. The third-order valence-corrected chi connectivity index (χ3v) is 5.63. The third-order valence-electron chi connectivity index (χ3n) is 5.63. The van der Waals surface area contributed by atoms with E-state index in [0.29, 0.717) is 12.1 Å². The molecule has 0 spiro atoms. The van der Waals surface area contributed by atoms with Gasteiger partial charge < -0.3 is 4.57 Å². The van der Waals surface area contributed by atoms with Gasteiger partial charge in [-0.2, -0.15) is 0 Å². The number of fused-ring (bicyclic) bond motifs is 6. The van der Waals surface area contributed by atoms with Crippen LogP contribution in [0.25, 0.3) is 16.6 Å². The molecule has 0 aliphatic carbocycles. The van der Waals surface area contributed by atoms with Crippen LogP contribution in [0.5, 0.6) is 0 Å². The lowest BCUT2D eigenvalue weighted by Crippen LogP contribution is -2.34. The molecular weight excluding hydrogens is 268 g/mol.